The van der Waals surface area contributed by atoms with Crippen LogP contribution in [0, 0.1) is 6.92 Å². The van der Waals surface area contributed by atoms with Crippen molar-refractivity contribution < 1.29 is 4.79 Å². The maximum Gasteiger partial charge on any atom is 0.234 e. The molecular weight excluding hydrogens is 432 g/mol. The topological polar surface area (TPSA) is 72.0 Å². The molecule has 0 spiro atoms. The van der Waals surface area contributed by atoms with Crippen LogP contribution in [-0.2, 0) is 4.79 Å². The third kappa shape index (κ3) is 4.11. The molecule has 0 aliphatic carbocycles. The van der Waals surface area contributed by atoms with Gasteiger partial charge < -0.3 is 15.2 Å². The largest absolute Gasteiger partial charge is 0.324 e. The average Bonchev–Trinajstić information content (AvgIpc) is 3.38. The molecule has 3 heterocycles. The highest BCUT2D eigenvalue weighted by atomic mass is 35.5. The fraction of sp³-hybridized carbons (Fsp3) is 0.273. The number of amides is 1. The van der Waals surface area contributed by atoms with Gasteiger partial charge in [0.1, 0.15) is 6.17 Å². The quantitative estimate of drug-likeness (QED) is 0.655. The number of benzene rings is 2. The second kappa shape index (κ2) is 8.45. The molecule has 3 unspecified atom stereocenters. The summed E-state index contributed by atoms with van der Waals surface area (Å²) in [6, 6.07) is 16.4. The zero-order valence-electron chi connectivity index (χ0n) is 17.0. The van der Waals surface area contributed by atoms with E-state index in [-0.39, 0.29) is 29.9 Å². The number of halogens is 1. The van der Waals surface area contributed by atoms with Gasteiger partial charge in [-0.05, 0) is 31.0 Å². The SMILES string of the molecule is Cc1ccc(C2CC3C4NN=C(SCC(=O)Nc5ccccc5Cl)N4C=CN3N2)cc1. The molecule has 7 nitrogen and oxygen atoms in total. The van der Waals surface area contributed by atoms with Crippen molar-refractivity contribution in [3.63, 3.8) is 0 Å². The number of hydrogen-bond donors (Lipinski definition) is 3. The van der Waals surface area contributed by atoms with Crippen LogP contribution in [0.1, 0.15) is 23.6 Å². The number of nitrogens with one attached hydrogen (secondary N) is 3. The smallest absolute Gasteiger partial charge is 0.234 e. The predicted molar refractivity (Wildman–Crippen MR) is 125 cm³/mol. The highest BCUT2D eigenvalue weighted by Gasteiger charge is 2.44. The van der Waals surface area contributed by atoms with Crippen LogP contribution >= 0.6 is 23.4 Å². The van der Waals surface area contributed by atoms with Crippen LogP contribution < -0.4 is 16.2 Å². The maximum atomic E-state index is 12.4. The standard InChI is InChI=1S/C22H23ClN6OS/c1-14-6-8-15(9-7-14)18-12-19-21-25-26-22(28(21)10-11-29(19)27-18)31-13-20(30)24-17-5-3-2-4-16(17)23/h2-11,18-19,21,25,27H,12-13H2,1H3,(H,24,30). The maximum absolute atomic E-state index is 12.4. The second-order valence-electron chi connectivity index (χ2n) is 7.79. The Morgan fingerprint density at radius 1 is 1.23 bits per heavy atom. The van der Waals surface area contributed by atoms with Gasteiger partial charge in [-0.1, -0.05) is 65.3 Å². The number of rotatable bonds is 4. The first-order chi connectivity index (χ1) is 15.1. The van der Waals surface area contributed by atoms with E-state index in [9.17, 15) is 4.79 Å². The van der Waals surface area contributed by atoms with Gasteiger partial charge in [0.15, 0.2) is 5.17 Å². The van der Waals surface area contributed by atoms with E-state index in [4.69, 9.17) is 11.6 Å². The van der Waals surface area contributed by atoms with Crippen molar-refractivity contribution in [3.05, 3.63) is 77.1 Å². The molecule has 2 aromatic carbocycles. The lowest BCUT2D eigenvalue weighted by atomic mass is 9.99. The Bertz CT molecular complexity index is 1040. The van der Waals surface area contributed by atoms with Crippen LogP contribution in [0.5, 0.6) is 0 Å². The van der Waals surface area contributed by atoms with Gasteiger partial charge in [0.25, 0.3) is 0 Å². The number of anilines is 1. The Kier molecular flexibility index (Phi) is 5.52. The number of hydrazine groups is 1. The molecule has 1 fully saturated rings. The minimum atomic E-state index is -0.117. The fourth-order valence-corrected chi connectivity index (χ4v) is 5.00. The Balaban J connectivity index is 1.19. The Morgan fingerprint density at radius 3 is 2.84 bits per heavy atom. The third-order valence-corrected chi connectivity index (χ3v) is 6.96. The zero-order chi connectivity index (χ0) is 21.4. The van der Waals surface area contributed by atoms with E-state index in [1.165, 1.54) is 22.9 Å². The summed E-state index contributed by atoms with van der Waals surface area (Å²) in [6.07, 6.45) is 5.04. The van der Waals surface area contributed by atoms with Crippen molar-refractivity contribution in [3.8, 4) is 0 Å². The number of nitrogens with zero attached hydrogens (tertiary/aromatic N) is 3. The summed E-state index contributed by atoms with van der Waals surface area (Å²) in [5.41, 5.74) is 10.00. The van der Waals surface area contributed by atoms with Crippen LogP contribution in [0.4, 0.5) is 5.69 Å². The number of amidine groups is 1. The van der Waals surface area contributed by atoms with Crippen molar-refractivity contribution in [1.82, 2.24) is 20.8 Å². The van der Waals surface area contributed by atoms with E-state index in [1.807, 2.05) is 24.5 Å². The van der Waals surface area contributed by atoms with Crippen LogP contribution in [0.25, 0.3) is 0 Å². The number of para-hydroxylation sites is 1. The van der Waals surface area contributed by atoms with Gasteiger partial charge in [-0.2, -0.15) is 5.10 Å². The van der Waals surface area contributed by atoms with Crippen molar-refractivity contribution in [1.29, 1.82) is 0 Å². The molecule has 9 heteroatoms. The van der Waals surface area contributed by atoms with E-state index < -0.39 is 0 Å². The van der Waals surface area contributed by atoms with E-state index in [0.29, 0.717) is 10.7 Å². The summed E-state index contributed by atoms with van der Waals surface area (Å²) < 4.78 is 0. The Labute approximate surface area is 190 Å². The van der Waals surface area contributed by atoms with E-state index in [1.54, 1.807) is 12.1 Å². The lowest BCUT2D eigenvalue weighted by molar-refractivity contribution is -0.113. The molecule has 3 aliphatic rings. The molecule has 0 aromatic heterocycles. The van der Waals surface area contributed by atoms with Gasteiger partial charge in [-0.15, -0.1) is 0 Å². The second-order valence-corrected chi connectivity index (χ2v) is 9.14. The Hall–Kier alpha value is -2.68. The molecular formula is C22H23ClN6OS. The third-order valence-electron chi connectivity index (χ3n) is 5.66. The van der Waals surface area contributed by atoms with Gasteiger partial charge in [0, 0.05) is 12.4 Å². The minimum Gasteiger partial charge on any atom is -0.324 e. The van der Waals surface area contributed by atoms with Crippen molar-refractivity contribution >= 4 is 40.1 Å². The normalized spacial score (nSPS) is 23.8. The predicted octanol–water partition coefficient (Wildman–Crippen LogP) is 3.63. The fourth-order valence-electron chi connectivity index (χ4n) is 4.05. The summed E-state index contributed by atoms with van der Waals surface area (Å²) >= 11 is 7.52. The lowest BCUT2D eigenvalue weighted by Gasteiger charge is -2.36. The average molecular weight is 455 g/mol. The van der Waals surface area contributed by atoms with Gasteiger partial charge >= 0.3 is 0 Å². The van der Waals surface area contributed by atoms with E-state index in [2.05, 4.69) is 62.4 Å². The number of fused-ring (bicyclic) bond motifs is 3. The summed E-state index contributed by atoms with van der Waals surface area (Å²) in [7, 11) is 0. The molecule has 2 aromatic rings. The van der Waals surface area contributed by atoms with Crippen LogP contribution in [0.15, 0.2) is 66.0 Å². The number of carbonyl (C=O) groups is 1. The molecule has 31 heavy (non-hydrogen) atoms. The first-order valence-electron chi connectivity index (χ1n) is 10.2. The number of thioether (sulfide) groups is 1. The molecule has 160 valence electrons. The van der Waals surface area contributed by atoms with Crippen molar-refractivity contribution in [2.45, 2.75) is 31.6 Å². The zero-order valence-corrected chi connectivity index (χ0v) is 18.5. The molecule has 3 aliphatic heterocycles. The summed E-state index contributed by atoms with van der Waals surface area (Å²) in [5, 5.41) is 10.8. The highest BCUT2D eigenvalue weighted by Crippen LogP contribution is 2.35. The molecule has 0 bridgehead atoms. The molecule has 0 radical (unpaired) electrons. The number of aryl methyl sites for hydroxylation is 1. The highest BCUT2D eigenvalue weighted by molar-refractivity contribution is 8.14. The van der Waals surface area contributed by atoms with Crippen molar-refractivity contribution in [2.24, 2.45) is 5.10 Å². The molecule has 3 atom stereocenters. The van der Waals surface area contributed by atoms with Crippen molar-refractivity contribution in [2.75, 3.05) is 11.1 Å². The summed E-state index contributed by atoms with van der Waals surface area (Å²) in [6.45, 7) is 2.10. The molecule has 1 amide bonds. The Morgan fingerprint density at radius 2 is 2.03 bits per heavy atom. The monoisotopic (exact) mass is 454 g/mol. The van der Waals surface area contributed by atoms with Gasteiger partial charge in [0.2, 0.25) is 5.91 Å². The molecule has 0 saturated carbocycles. The molecule has 5 rings (SSSR count). The van der Waals surface area contributed by atoms with Gasteiger partial charge in [-0.3, -0.25) is 10.2 Å². The van der Waals surface area contributed by atoms with Crippen LogP contribution in [0.3, 0.4) is 0 Å². The first kappa shape index (κ1) is 20.2. The number of carbonyl (C=O) groups excluding carboxylic acids is 1. The minimum absolute atomic E-state index is 0.0297. The first-order valence-corrected chi connectivity index (χ1v) is 11.5. The lowest BCUT2D eigenvalue weighted by Crippen LogP contribution is -2.54. The van der Waals surface area contributed by atoms with E-state index >= 15 is 0 Å². The van der Waals surface area contributed by atoms with Gasteiger partial charge in [-0.25, -0.2) is 5.43 Å². The van der Waals surface area contributed by atoms with Crippen LogP contribution in [0.2, 0.25) is 5.02 Å². The molecule has 1 saturated heterocycles. The number of hydrogen-bond acceptors (Lipinski definition) is 7. The summed E-state index contributed by atoms with van der Waals surface area (Å²) in [5.74, 6) is 0.135. The molecule has 3 N–H and O–H groups in total. The number of hydrazone groups is 1. The summed E-state index contributed by atoms with van der Waals surface area (Å²) in [4.78, 5) is 14.5. The van der Waals surface area contributed by atoms with Gasteiger partial charge in [0.05, 0.1) is 28.5 Å². The van der Waals surface area contributed by atoms with Crippen LogP contribution in [-0.4, -0.2) is 38.9 Å². The van der Waals surface area contributed by atoms with E-state index in [0.717, 1.165) is 11.6 Å².